The molecule has 5 aromatic rings. The second-order valence-corrected chi connectivity index (χ2v) is 9.51. The zero-order chi connectivity index (χ0) is 24.4. The van der Waals surface area contributed by atoms with Crippen molar-refractivity contribution in [1.82, 2.24) is 14.5 Å². The minimum absolute atomic E-state index is 0.0414. The van der Waals surface area contributed by atoms with Crippen molar-refractivity contribution >= 4 is 45.0 Å². The van der Waals surface area contributed by atoms with E-state index >= 15 is 0 Å². The molecular formula is C29H25N5O2. The fraction of sp³-hybridized carbons (Fsp3) is 0.172. The van der Waals surface area contributed by atoms with Gasteiger partial charge in [0.2, 0.25) is 5.91 Å². The second kappa shape index (κ2) is 7.75. The van der Waals surface area contributed by atoms with Gasteiger partial charge >= 0.3 is 0 Å². The molecule has 1 atom stereocenters. The lowest BCUT2D eigenvalue weighted by Gasteiger charge is -2.46. The van der Waals surface area contributed by atoms with E-state index in [9.17, 15) is 9.59 Å². The molecular weight excluding hydrogens is 450 g/mol. The molecule has 7 nitrogen and oxygen atoms in total. The number of hydrogen-bond donors (Lipinski definition) is 2. The number of fused-ring (bicyclic) bond motifs is 7. The van der Waals surface area contributed by atoms with E-state index in [4.69, 9.17) is 0 Å². The van der Waals surface area contributed by atoms with Gasteiger partial charge in [-0.25, -0.2) is 0 Å². The van der Waals surface area contributed by atoms with Gasteiger partial charge in [0, 0.05) is 41.6 Å². The van der Waals surface area contributed by atoms with Crippen molar-refractivity contribution in [3.05, 3.63) is 95.8 Å². The Kier molecular flexibility index (Phi) is 4.48. The zero-order valence-corrected chi connectivity index (χ0v) is 19.9. The minimum atomic E-state index is -0.274. The highest BCUT2D eigenvalue weighted by molar-refractivity contribution is 6.03. The third-order valence-electron chi connectivity index (χ3n) is 7.58. The Morgan fingerprint density at radius 2 is 1.83 bits per heavy atom. The van der Waals surface area contributed by atoms with E-state index in [2.05, 4.69) is 31.9 Å². The third kappa shape index (κ3) is 2.92. The van der Waals surface area contributed by atoms with E-state index < -0.39 is 0 Å². The monoisotopic (exact) mass is 475 g/mol. The van der Waals surface area contributed by atoms with Crippen LogP contribution in [0.5, 0.6) is 0 Å². The Bertz CT molecular complexity index is 1680. The first-order valence-corrected chi connectivity index (χ1v) is 12.2. The topological polar surface area (TPSA) is 73.4 Å². The van der Waals surface area contributed by atoms with Crippen LogP contribution in [0.1, 0.15) is 27.8 Å². The molecule has 2 aliphatic heterocycles. The van der Waals surface area contributed by atoms with Crippen molar-refractivity contribution in [2.75, 3.05) is 23.8 Å². The Labute approximate surface area is 207 Å². The summed E-state index contributed by atoms with van der Waals surface area (Å²) in [7, 11) is 2.03. The number of aromatic nitrogens is 2. The highest BCUT2D eigenvalue weighted by Crippen LogP contribution is 2.44. The van der Waals surface area contributed by atoms with Crippen molar-refractivity contribution in [1.29, 1.82) is 0 Å². The van der Waals surface area contributed by atoms with Crippen molar-refractivity contribution in [2.24, 2.45) is 0 Å². The molecule has 3 aromatic carbocycles. The quantitative estimate of drug-likeness (QED) is 0.390. The summed E-state index contributed by atoms with van der Waals surface area (Å²) in [5.74, 6) is -0.0608. The first-order valence-electron chi connectivity index (χ1n) is 12.2. The SMILES string of the molecule is CN1c2ccccc2C(=O)N2CCc3c(n(CC(=O)Nc4cccc5[nH]ccc45)c4ccccc34)C21. The van der Waals surface area contributed by atoms with Gasteiger partial charge in [-0.1, -0.05) is 36.4 Å². The van der Waals surface area contributed by atoms with Gasteiger partial charge in [0.25, 0.3) is 5.91 Å². The number of aromatic amines is 1. The number of H-pyrrole nitrogens is 1. The predicted molar refractivity (Wildman–Crippen MR) is 141 cm³/mol. The molecule has 2 aromatic heterocycles. The molecule has 178 valence electrons. The summed E-state index contributed by atoms with van der Waals surface area (Å²) in [6.07, 6.45) is 2.36. The summed E-state index contributed by atoms with van der Waals surface area (Å²) < 4.78 is 2.10. The van der Waals surface area contributed by atoms with Crippen LogP contribution in [0.4, 0.5) is 11.4 Å². The summed E-state index contributed by atoms with van der Waals surface area (Å²) in [5.41, 5.74) is 6.64. The zero-order valence-electron chi connectivity index (χ0n) is 19.9. The second-order valence-electron chi connectivity index (χ2n) is 9.51. The van der Waals surface area contributed by atoms with Crippen molar-refractivity contribution in [3.63, 3.8) is 0 Å². The highest BCUT2D eigenvalue weighted by Gasteiger charge is 2.42. The fourth-order valence-electron chi connectivity index (χ4n) is 6.01. The molecule has 0 bridgehead atoms. The van der Waals surface area contributed by atoms with Gasteiger partial charge in [0.05, 0.1) is 22.6 Å². The maximum absolute atomic E-state index is 13.5. The smallest absolute Gasteiger partial charge is 0.257 e. The molecule has 2 amide bonds. The predicted octanol–water partition coefficient (Wildman–Crippen LogP) is 4.91. The normalized spacial score (nSPS) is 16.7. The number of carbonyl (C=O) groups excluding carboxylic acids is 2. The highest BCUT2D eigenvalue weighted by atomic mass is 16.2. The van der Waals surface area contributed by atoms with Gasteiger partial charge in [-0.3, -0.25) is 9.59 Å². The molecule has 1 unspecified atom stereocenters. The molecule has 0 saturated heterocycles. The van der Waals surface area contributed by atoms with Crippen LogP contribution in [0.15, 0.2) is 79.0 Å². The van der Waals surface area contributed by atoms with Crippen LogP contribution < -0.4 is 10.2 Å². The third-order valence-corrected chi connectivity index (χ3v) is 7.58. The van der Waals surface area contributed by atoms with Crippen LogP contribution in [0.3, 0.4) is 0 Å². The van der Waals surface area contributed by atoms with Crippen LogP contribution in [-0.4, -0.2) is 39.9 Å². The summed E-state index contributed by atoms with van der Waals surface area (Å²) in [6.45, 7) is 0.801. The number of amides is 2. The van der Waals surface area contributed by atoms with Gasteiger partial charge in [-0.15, -0.1) is 0 Å². The summed E-state index contributed by atoms with van der Waals surface area (Å²) in [6, 6.07) is 23.8. The fourth-order valence-corrected chi connectivity index (χ4v) is 6.01. The number of rotatable bonds is 3. The first-order chi connectivity index (χ1) is 17.6. The number of hydrogen-bond acceptors (Lipinski definition) is 3. The standard InChI is InChI=1S/C29H25N5O2/c1-32-24-11-4-3-8-21(24)29(36)33-16-14-19-18-7-2-5-12-25(18)34(27(19)28(32)33)17-26(35)31-23-10-6-9-22-20(23)13-15-30-22/h2-13,15,28,30H,14,16-17H2,1H3,(H,31,35). The van der Waals surface area contributed by atoms with E-state index in [-0.39, 0.29) is 24.5 Å². The summed E-state index contributed by atoms with van der Waals surface area (Å²) in [5, 5.41) is 5.24. The van der Waals surface area contributed by atoms with E-state index in [1.165, 1.54) is 5.56 Å². The van der Waals surface area contributed by atoms with Crippen LogP contribution in [0.25, 0.3) is 21.8 Å². The van der Waals surface area contributed by atoms with Gasteiger partial charge in [-0.2, -0.15) is 0 Å². The molecule has 2 aliphatic rings. The van der Waals surface area contributed by atoms with Crippen LogP contribution in [0, 0.1) is 0 Å². The molecule has 0 spiro atoms. The van der Waals surface area contributed by atoms with Gasteiger partial charge < -0.3 is 24.7 Å². The largest absolute Gasteiger partial charge is 0.361 e. The number of benzene rings is 3. The molecule has 0 saturated carbocycles. The Hall–Kier alpha value is -4.52. The number of para-hydroxylation sites is 2. The average molecular weight is 476 g/mol. The lowest BCUT2D eigenvalue weighted by Crippen LogP contribution is -2.51. The van der Waals surface area contributed by atoms with Crippen LogP contribution >= 0.6 is 0 Å². The molecule has 36 heavy (non-hydrogen) atoms. The van der Waals surface area contributed by atoms with Crippen molar-refractivity contribution in [2.45, 2.75) is 19.1 Å². The van der Waals surface area contributed by atoms with Gasteiger partial charge in [0.15, 0.2) is 0 Å². The maximum atomic E-state index is 13.5. The number of nitrogens with one attached hydrogen (secondary N) is 2. The number of carbonyl (C=O) groups is 2. The molecule has 2 N–H and O–H groups in total. The molecule has 0 fully saturated rings. The van der Waals surface area contributed by atoms with E-state index in [1.54, 1.807) is 0 Å². The summed E-state index contributed by atoms with van der Waals surface area (Å²) in [4.78, 5) is 34.3. The lowest BCUT2D eigenvalue weighted by atomic mass is 9.96. The molecule has 0 radical (unpaired) electrons. The number of nitrogens with zero attached hydrogens (tertiary/aromatic N) is 3. The number of anilines is 2. The average Bonchev–Trinajstić information content (AvgIpc) is 3.51. The Balaban J connectivity index is 1.34. The van der Waals surface area contributed by atoms with Gasteiger partial charge in [-0.05, 0) is 48.4 Å². The molecule has 0 aliphatic carbocycles. The van der Waals surface area contributed by atoms with E-state index in [1.807, 2.05) is 78.8 Å². The molecule has 4 heterocycles. The van der Waals surface area contributed by atoms with Gasteiger partial charge in [0.1, 0.15) is 12.7 Å². The van der Waals surface area contributed by atoms with E-state index in [0.717, 1.165) is 50.9 Å². The van der Waals surface area contributed by atoms with E-state index in [0.29, 0.717) is 6.54 Å². The Morgan fingerprint density at radius 1 is 1.00 bits per heavy atom. The minimum Gasteiger partial charge on any atom is -0.361 e. The van der Waals surface area contributed by atoms with Crippen molar-refractivity contribution < 1.29 is 9.59 Å². The Morgan fingerprint density at radius 3 is 2.75 bits per heavy atom. The first kappa shape index (κ1) is 20.8. The summed E-state index contributed by atoms with van der Waals surface area (Å²) >= 11 is 0. The lowest BCUT2D eigenvalue weighted by molar-refractivity contribution is -0.116. The van der Waals surface area contributed by atoms with Crippen LogP contribution in [0.2, 0.25) is 0 Å². The van der Waals surface area contributed by atoms with Crippen LogP contribution in [-0.2, 0) is 17.8 Å². The molecule has 7 heteroatoms. The maximum Gasteiger partial charge on any atom is 0.257 e. The molecule has 7 rings (SSSR count). The van der Waals surface area contributed by atoms with Crippen molar-refractivity contribution in [3.8, 4) is 0 Å².